The van der Waals surface area contributed by atoms with Crippen LogP contribution in [0.25, 0.3) is 10.8 Å². The molecule has 0 aliphatic rings. The van der Waals surface area contributed by atoms with Crippen LogP contribution in [-0.2, 0) is 22.0 Å². The van der Waals surface area contributed by atoms with E-state index in [1.54, 1.807) is 24.3 Å². The first-order chi connectivity index (χ1) is 19.7. The minimum atomic E-state index is -0.445. The van der Waals surface area contributed by atoms with Crippen LogP contribution < -0.4 is 10.2 Å². The van der Waals surface area contributed by atoms with Gasteiger partial charge in [0.25, 0.3) is 0 Å². The van der Waals surface area contributed by atoms with Gasteiger partial charge in [0.2, 0.25) is 5.91 Å². The lowest BCUT2D eigenvalue weighted by Crippen LogP contribution is -2.20. The van der Waals surface area contributed by atoms with Crippen molar-refractivity contribution in [2.75, 3.05) is 0 Å². The van der Waals surface area contributed by atoms with Gasteiger partial charge < -0.3 is 9.84 Å². The third-order valence-corrected chi connectivity index (χ3v) is 7.62. The molecule has 4 aromatic rings. The first-order valence-corrected chi connectivity index (χ1v) is 14.7. The highest BCUT2D eigenvalue weighted by molar-refractivity contribution is 9.10. The molecule has 0 saturated carbocycles. The van der Waals surface area contributed by atoms with E-state index < -0.39 is 5.97 Å². The number of hydrogen-bond donors (Lipinski definition) is 2. The zero-order valence-corrected chi connectivity index (χ0v) is 26.5. The minimum absolute atomic E-state index is 0.214. The molecule has 0 atom stereocenters. The van der Waals surface area contributed by atoms with Crippen LogP contribution in [0.5, 0.6) is 11.5 Å². The Morgan fingerprint density at radius 1 is 0.905 bits per heavy atom. The summed E-state index contributed by atoms with van der Waals surface area (Å²) in [6.07, 6.45) is 2.31. The predicted octanol–water partition coefficient (Wildman–Crippen LogP) is 8.21. The third-order valence-electron chi connectivity index (χ3n) is 7.00. The molecule has 1 amide bonds. The van der Waals surface area contributed by atoms with Gasteiger partial charge in [-0.1, -0.05) is 90.1 Å². The summed E-state index contributed by atoms with van der Waals surface area (Å²) in [5.41, 5.74) is 6.08. The lowest BCUT2D eigenvalue weighted by Gasteiger charge is -2.28. The van der Waals surface area contributed by atoms with Crippen LogP contribution >= 0.6 is 15.9 Å². The van der Waals surface area contributed by atoms with Crippen molar-refractivity contribution in [3.63, 3.8) is 0 Å². The standard InChI is InChI=1S/C35H37BrN2O4/c1-34(2,3)27-18-22(19-28(32(27)40)35(4,5)6)15-17-31(39)38-37-21-23-14-16-30(29(36)20-23)42-33(41)26-13-9-11-24-10-7-8-12-25(24)26/h7-14,16,18-21,40H,15,17H2,1-6H3,(H,38,39)/b37-21-. The number of nitrogens with one attached hydrogen (secondary N) is 1. The number of aromatic hydroxyl groups is 1. The number of fused-ring (bicyclic) bond motifs is 1. The molecular weight excluding hydrogens is 592 g/mol. The number of phenolic OH excluding ortho intramolecular Hbond substituents is 1. The molecular formula is C35H37BrN2O4. The van der Waals surface area contributed by atoms with Crippen molar-refractivity contribution in [2.45, 2.75) is 65.2 Å². The first kappa shape index (κ1) is 31.0. The fourth-order valence-corrected chi connectivity index (χ4v) is 5.19. The Morgan fingerprint density at radius 2 is 1.55 bits per heavy atom. The Bertz CT molecular complexity index is 1620. The largest absolute Gasteiger partial charge is 0.507 e. The second-order valence-electron chi connectivity index (χ2n) is 12.4. The molecule has 6 nitrogen and oxygen atoms in total. The number of rotatable bonds is 7. The van der Waals surface area contributed by atoms with Crippen LogP contribution in [0.2, 0.25) is 0 Å². The average molecular weight is 630 g/mol. The first-order valence-electron chi connectivity index (χ1n) is 13.9. The maximum Gasteiger partial charge on any atom is 0.344 e. The van der Waals surface area contributed by atoms with Crippen molar-refractivity contribution in [1.82, 2.24) is 5.43 Å². The minimum Gasteiger partial charge on any atom is -0.507 e. The highest BCUT2D eigenvalue weighted by atomic mass is 79.9. The van der Waals surface area contributed by atoms with Gasteiger partial charge in [-0.05, 0) is 90.5 Å². The van der Waals surface area contributed by atoms with Crippen molar-refractivity contribution in [2.24, 2.45) is 5.10 Å². The summed E-state index contributed by atoms with van der Waals surface area (Å²) < 4.78 is 6.25. The highest BCUT2D eigenvalue weighted by Crippen LogP contribution is 2.40. The Kier molecular flexibility index (Phi) is 9.21. The number of carbonyl (C=O) groups excluding carboxylic acids is 2. The van der Waals surface area contributed by atoms with Crippen molar-refractivity contribution in [3.8, 4) is 11.5 Å². The summed E-state index contributed by atoms with van der Waals surface area (Å²) in [6.45, 7) is 12.4. The van der Waals surface area contributed by atoms with E-state index in [0.29, 0.717) is 28.0 Å². The van der Waals surface area contributed by atoms with E-state index in [1.165, 1.54) is 6.21 Å². The number of carbonyl (C=O) groups is 2. The van der Waals surface area contributed by atoms with Gasteiger partial charge in [-0.25, -0.2) is 10.2 Å². The molecule has 0 aliphatic carbocycles. The van der Waals surface area contributed by atoms with Crippen molar-refractivity contribution < 1.29 is 19.4 Å². The average Bonchev–Trinajstić information content (AvgIpc) is 2.92. The van der Waals surface area contributed by atoms with Gasteiger partial charge in [0.1, 0.15) is 11.5 Å². The molecule has 2 N–H and O–H groups in total. The van der Waals surface area contributed by atoms with Gasteiger partial charge in [-0.3, -0.25) is 4.79 Å². The lowest BCUT2D eigenvalue weighted by atomic mass is 9.78. The quantitative estimate of drug-likeness (QED) is 0.0934. The van der Waals surface area contributed by atoms with Crippen LogP contribution in [0.1, 0.15) is 80.6 Å². The maximum atomic E-state index is 12.9. The van der Waals surface area contributed by atoms with Crippen molar-refractivity contribution in [1.29, 1.82) is 0 Å². The fourth-order valence-electron chi connectivity index (χ4n) is 4.71. The van der Waals surface area contributed by atoms with Crippen LogP contribution in [-0.4, -0.2) is 23.2 Å². The number of aryl methyl sites for hydroxylation is 1. The summed E-state index contributed by atoms with van der Waals surface area (Å²) in [4.78, 5) is 25.5. The van der Waals surface area contributed by atoms with E-state index in [9.17, 15) is 14.7 Å². The Morgan fingerprint density at radius 3 is 2.19 bits per heavy atom. The molecule has 0 fully saturated rings. The zero-order valence-electron chi connectivity index (χ0n) is 24.9. The maximum absolute atomic E-state index is 12.9. The predicted molar refractivity (Wildman–Crippen MR) is 173 cm³/mol. The van der Waals surface area contributed by atoms with E-state index in [4.69, 9.17) is 4.74 Å². The topological polar surface area (TPSA) is 88.0 Å². The molecule has 4 rings (SSSR count). The monoisotopic (exact) mass is 628 g/mol. The van der Waals surface area contributed by atoms with E-state index >= 15 is 0 Å². The number of esters is 1. The van der Waals surface area contributed by atoms with Crippen LogP contribution in [0.3, 0.4) is 0 Å². The third kappa shape index (κ3) is 7.45. The molecule has 0 aliphatic heterocycles. The van der Waals surface area contributed by atoms with Crippen molar-refractivity contribution in [3.05, 3.63) is 105 Å². The number of hydrazone groups is 1. The number of amides is 1. The van der Waals surface area contributed by atoms with E-state index in [1.807, 2.05) is 48.5 Å². The summed E-state index contributed by atoms with van der Waals surface area (Å²) in [6, 6.07) is 22.4. The molecule has 0 heterocycles. The summed E-state index contributed by atoms with van der Waals surface area (Å²) >= 11 is 3.47. The second kappa shape index (κ2) is 12.5. The van der Waals surface area contributed by atoms with Gasteiger partial charge in [0.05, 0.1) is 16.3 Å². The van der Waals surface area contributed by atoms with Gasteiger partial charge in [0, 0.05) is 6.42 Å². The highest BCUT2D eigenvalue weighted by Gasteiger charge is 2.26. The van der Waals surface area contributed by atoms with E-state index in [-0.39, 0.29) is 23.2 Å². The lowest BCUT2D eigenvalue weighted by molar-refractivity contribution is -0.121. The molecule has 0 unspecified atom stereocenters. The second-order valence-corrected chi connectivity index (χ2v) is 13.3. The molecule has 0 bridgehead atoms. The van der Waals surface area contributed by atoms with Gasteiger partial charge >= 0.3 is 5.97 Å². The molecule has 4 aromatic carbocycles. The number of hydrogen-bond acceptors (Lipinski definition) is 5. The summed E-state index contributed by atoms with van der Waals surface area (Å²) in [7, 11) is 0. The SMILES string of the molecule is CC(C)(C)c1cc(CCC(=O)N/N=C\c2ccc(OC(=O)c3cccc4ccccc34)c(Br)c2)cc(C(C)(C)C)c1O. The van der Waals surface area contributed by atoms with E-state index in [0.717, 1.165) is 33.0 Å². The molecule has 0 aromatic heterocycles. The molecule has 0 spiro atoms. The van der Waals surface area contributed by atoms with E-state index in [2.05, 4.69) is 68.0 Å². The van der Waals surface area contributed by atoms with Gasteiger partial charge in [-0.2, -0.15) is 5.10 Å². The van der Waals surface area contributed by atoms with Gasteiger partial charge in [0.15, 0.2) is 0 Å². The Labute approximate surface area is 255 Å². The molecule has 42 heavy (non-hydrogen) atoms. The summed E-state index contributed by atoms with van der Waals surface area (Å²) in [5.74, 6) is 0.0493. The number of benzene rings is 4. The Hall–Kier alpha value is -3.97. The number of ether oxygens (including phenoxy) is 1. The van der Waals surface area contributed by atoms with Crippen LogP contribution in [0.15, 0.2) is 82.4 Å². The van der Waals surface area contributed by atoms with Gasteiger partial charge in [-0.15, -0.1) is 0 Å². The fraction of sp³-hybridized carbons (Fsp3) is 0.286. The van der Waals surface area contributed by atoms with Crippen molar-refractivity contribution >= 4 is 44.8 Å². The van der Waals surface area contributed by atoms with Crippen LogP contribution in [0, 0.1) is 0 Å². The van der Waals surface area contributed by atoms with Crippen LogP contribution in [0.4, 0.5) is 0 Å². The molecule has 7 heteroatoms. The molecule has 0 radical (unpaired) electrons. The zero-order chi connectivity index (χ0) is 30.7. The smallest absolute Gasteiger partial charge is 0.344 e. The number of halogens is 1. The number of nitrogens with zero attached hydrogens (tertiary/aromatic N) is 1. The molecule has 0 saturated heterocycles. The normalized spacial score (nSPS) is 12.1. The summed E-state index contributed by atoms with van der Waals surface area (Å²) in [5, 5.41) is 16.8. The molecule has 218 valence electrons. The number of phenols is 1. The Balaban J connectivity index is 1.37.